The fraction of sp³-hybridized carbons (Fsp3) is 0. The molecule has 0 aliphatic heterocycles. The predicted octanol–water partition coefficient (Wildman–Crippen LogP) is 3.74. The van der Waals surface area contributed by atoms with Gasteiger partial charge in [0.05, 0.1) is 5.69 Å². The van der Waals surface area contributed by atoms with Crippen molar-refractivity contribution < 1.29 is 4.79 Å². The van der Waals surface area contributed by atoms with Crippen molar-refractivity contribution in [3.8, 4) is 0 Å². The minimum Gasteiger partial charge on any atom is -0.267 e. The Labute approximate surface area is 123 Å². The lowest BCUT2D eigenvalue weighted by Crippen LogP contribution is -2.12. The lowest BCUT2D eigenvalue weighted by Gasteiger charge is -1.99. The molecule has 0 radical (unpaired) electrons. The van der Waals surface area contributed by atoms with Crippen molar-refractivity contribution in [1.82, 2.24) is 9.78 Å². The minimum atomic E-state index is -0.130. The molecule has 0 fully saturated rings. The van der Waals surface area contributed by atoms with E-state index in [2.05, 4.69) is 5.10 Å². The molecule has 102 valence electrons. The van der Waals surface area contributed by atoms with Crippen molar-refractivity contribution in [2.75, 3.05) is 0 Å². The van der Waals surface area contributed by atoms with Gasteiger partial charge in [0.1, 0.15) is 0 Å². The standard InChI is InChI=1S/C18H14N2O/c21-18(16-9-5-2-6-10-16)20-14-13-17(19-20)12-11-15-7-3-1-4-8-15/h1-14H/b12-11+. The summed E-state index contributed by atoms with van der Waals surface area (Å²) < 4.78 is 1.36. The second-order valence-electron chi connectivity index (χ2n) is 4.60. The van der Waals surface area contributed by atoms with E-state index in [1.54, 1.807) is 18.3 Å². The van der Waals surface area contributed by atoms with Crippen molar-refractivity contribution in [3.63, 3.8) is 0 Å². The smallest absolute Gasteiger partial charge is 0.267 e. The van der Waals surface area contributed by atoms with E-state index >= 15 is 0 Å². The van der Waals surface area contributed by atoms with Gasteiger partial charge in [0.25, 0.3) is 5.91 Å². The lowest BCUT2D eigenvalue weighted by atomic mass is 10.2. The molecular weight excluding hydrogens is 260 g/mol. The van der Waals surface area contributed by atoms with Gasteiger partial charge in [0.15, 0.2) is 0 Å². The van der Waals surface area contributed by atoms with Gasteiger partial charge >= 0.3 is 0 Å². The first kappa shape index (κ1) is 13.1. The number of rotatable bonds is 3. The molecular formula is C18H14N2O. The van der Waals surface area contributed by atoms with E-state index in [-0.39, 0.29) is 5.91 Å². The fourth-order valence-electron chi connectivity index (χ4n) is 2.00. The Hall–Kier alpha value is -2.94. The monoisotopic (exact) mass is 274 g/mol. The first-order chi connectivity index (χ1) is 10.3. The highest BCUT2D eigenvalue weighted by Gasteiger charge is 2.08. The quantitative estimate of drug-likeness (QED) is 0.729. The molecule has 3 nitrogen and oxygen atoms in total. The summed E-state index contributed by atoms with van der Waals surface area (Å²) in [6.45, 7) is 0. The first-order valence-electron chi connectivity index (χ1n) is 6.71. The summed E-state index contributed by atoms with van der Waals surface area (Å²) in [6, 6.07) is 20.9. The van der Waals surface area contributed by atoms with Gasteiger partial charge in [-0.05, 0) is 29.8 Å². The normalized spacial score (nSPS) is 10.9. The van der Waals surface area contributed by atoms with Gasteiger partial charge in [-0.2, -0.15) is 5.10 Å². The van der Waals surface area contributed by atoms with Crippen LogP contribution in [-0.4, -0.2) is 15.7 Å². The van der Waals surface area contributed by atoms with E-state index in [9.17, 15) is 4.79 Å². The maximum Gasteiger partial charge on any atom is 0.278 e. The third-order valence-electron chi connectivity index (χ3n) is 3.08. The Morgan fingerprint density at radius 2 is 1.52 bits per heavy atom. The summed E-state index contributed by atoms with van der Waals surface area (Å²) in [5, 5.41) is 4.28. The fourth-order valence-corrected chi connectivity index (χ4v) is 2.00. The maximum atomic E-state index is 12.2. The zero-order valence-corrected chi connectivity index (χ0v) is 11.4. The largest absolute Gasteiger partial charge is 0.278 e. The van der Waals surface area contributed by atoms with Crippen molar-refractivity contribution in [2.24, 2.45) is 0 Å². The van der Waals surface area contributed by atoms with Crippen LogP contribution in [-0.2, 0) is 0 Å². The van der Waals surface area contributed by atoms with Crippen LogP contribution in [0.2, 0.25) is 0 Å². The molecule has 0 saturated carbocycles. The molecule has 3 rings (SSSR count). The van der Waals surface area contributed by atoms with Gasteiger partial charge in [0.2, 0.25) is 0 Å². The molecule has 0 spiro atoms. The second-order valence-corrected chi connectivity index (χ2v) is 4.60. The van der Waals surface area contributed by atoms with Crippen LogP contribution >= 0.6 is 0 Å². The highest BCUT2D eigenvalue weighted by atomic mass is 16.2. The molecule has 0 atom stereocenters. The molecule has 0 aliphatic carbocycles. The van der Waals surface area contributed by atoms with E-state index in [1.165, 1.54) is 4.68 Å². The highest BCUT2D eigenvalue weighted by molar-refractivity contribution is 5.95. The summed E-state index contributed by atoms with van der Waals surface area (Å²) in [6.07, 6.45) is 5.55. The number of nitrogens with zero attached hydrogens (tertiary/aromatic N) is 2. The lowest BCUT2D eigenvalue weighted by molar-refractivity contribution is 0.0945. The predicted molar refractivity (Wildman–Crippen MR) is 83.8 cm³/mol. The molecule has 1 aromatic heterocycles. The van der Waals surface area contributed by atoms with Gasteiger partial charge in [-0.3, -0.25) is 4.79 Å². The van der Waals surface area contributed by atoms with E-state index in [0.717, 1.165) is 11.3 Å². The zero-order valence-electron chi connectivity index (χ0n) is 11.4. The van der Waals surface area contributed by atoms with Crippen molar-refractivity contribution >= 4 is 18.1 Å². The molecule has 21 heavy (non-hydrogen) atoms. The number of aromatic nitrogens is 2. The number of carbonyl (C=O) groups excluding carboxylic acids is 1. The summed E-state index contributed by atoms with van der Waals surface area (Å²) >= 11 is 0. The molecule has 3 heteroatoms. The van der Waals surface area contributed by atoms with Crippen LogP contribution in [0.3, 0.4) is 0 Å². The Kier molecular flexibility index (Phi) is 3.74. The Morgan fingerprint density at radius 3 is 2.24 bits per heavy atom. The van der Waals surface area contributed by atoms with Crippen LogP contribution in [0.5, 0.6) is 0 Å². The minimum absolute atomic E-state index is 0.130. The average Bonchev–Trinajstić information content (AvgIpc) is 3.03. The summed E-state index contributed by atoms with van der Waals surface area (Å²) in [5.74, 6) is -0.130. The Balaban J connectivity index is 1.78. The van der Waals surface area contributed by atoms with E-state index in [0.29, 0.717) is 5.56 Å². The van der Waals surface area contributed by atoms with Crippen molar-refractivity contribution in [1.29, 1.82) is 0 Å². The van der Waals surface area contributed by atoms with Crippen LogP contribution in [0.15, 0.2) is 72.9 Å². The highest BCUT2D eigenvalue weighted by Crippen LogP contribution is 2.08. The topological polar surface area (TPSA) is 34.9 Å². The van der Waals surface area contributed by atoms with Crippen LogP contribution in [0.25, 0.3) is 12.2 Å². The third-order valence-corrected chi connectivity index (χ3v) is 3.08. The third kappa shape index (κ3) is 3.15. The van der Waals surface area contributed by atoms with Crippen LogP contribution < -0.4 is 0 Å². The van der Waals surface area contributed by atoms with Crippen molar-refractivity contribution in [2.45, 2.75) is 0 Å². The van der Waals surface area contributed by atoms with Gasteiger partial charge in [-0.25, -0.2) is 4.68 Å². The number of hydrogen-bond acceptors (Lipinski definition) is 2. The van der Waals surface area contributed by atoms with Gasteiger partial charge in [-0.1, -0.05) is 54.6 Å². The summed E-state index contributed by atoms with van der Waals surface area (Å²) in [5.41, 5.74) is 2.48. The molecule has 0 N–H and O–H groups in total. The van der Waals surface area contributed by atoms with Gasteiger partial charge in [0, 0.05) is 11.8 Å². The molecule has 0 unspecified atom stereocenters. The van der Waals surface area contributed by atoms with Crippen LogP contribution in [0.4, 0.5) is 0 Å². The number of benzene rings is 2. The average molecular weight is 274 g/mol. The Bertz CT molecular complexity index is 758. The molecule has 0 bridgehead atoms. The summed E-state index contributed by atoms with van der Waals surface area (Å²) in [4.78, 5) is 12.2. The molecule has 3 aromatic rings. The number of hydrogen-bond donors (Lipinski definition) is 0. The maximum absolute atomic E-state index is 12.2. The first-order valence-corrected chi connectivity index (χ1v) is 6.71. The van der Waals surface area contributed by atoms with Crippen LogP contribution in [0, 0.1) is 0 Å². The number of carbonyl (C=O) groups is 1. The SMILES string of the molecule is O=C(c1ccccc1)n1ccc(/C=C/c2ccccc2)n1. The van der Waals surface area contributed by atoms with Gasteiger partial charge in [-0.15, -0.1) is 0 Å². The van der Waals surface area contributed by atoms with E-state index in [4.69, 9.17) is 0 Å². The molecule has 0 saturated heterocycles. The molecule has 0 amide bonds. The molecule has 0 aliphatic rings. The van der Waals surface area contributed by atoms with Crippen molar-refractivity contribution in [3.05, 3.63) is 89.7 Å². The second kappa shape index (κ2) is 6.01. The Morgan fingerprint density at radius 1 is 0.857 bits per heavy atom. The van der Waals surface area contributed by atoms with E-state index in [1.807, 2.05) is 66.7 Å². The van der Waals surface area contributed by atoms with Crippen LogP contribution in [0.1, 0.15) is 21.6 Å². The molecule has 2 aromatic carbocycles. The van der Waals surface area contributed by atoms with E-state index < -0.39 is 0 Å². The summed E-state index contributed by atoms with van der Waals surface area (Å²) in [7, 11) is 0. The molecule has 1 heterocycles. The zero-order chi connectivity index (χ0) is 14.5. The van der Waals surface area contributed by atoms with Gasteiger partial charge < -0.3 is 0 Å².